The molecular weight excluding hydrogens is 1120 g/mol. The summed E-state index contributed by atoms with van der Waals surface area (Å²) >= 11 is 0. The van der Waals surface area contributed by atoms with Crippen LogP contribution in [0.5, 0.6) is 28.7 Å². The molecule has 0 bridgehead atoms. The number of rotatable bonds is 22. The molecule has 0 aromatic heterocycles. The smallest absolute Gasteiger partial charge is 0.417 e. The van der Waals surface area contributed by atoms with Crippen molar-refractivity contribution in [2.24, 2.45) is 5.90 Å². The van der Waals surface area contributed by atoms with E-state index < -0.39 is 103 Å². The number of carboxylic acid groups (broad SMARTS) is 1. The number of fused-ring (bicyclic) bond motifs is 4. The van der Waals surface area contributed by atoms with Crippen LogP contribution < -0.4 is 44.7 Å². The fourth-order valence-corrected chi connectivity index (χ4v) is 10.4. The first-order valence-electron chi connectivity index (χ1n) is 27.4. The van der Waals surface area contributed by atoms with E-state index in [1.165, 1.54) is 66.5 Å². The Balaban J connectivity index is 0.968. The summed E-state index contributed by atoms with van der Waals surface area (Å²) in [5, 5.41) is 67.2. The molecule has 9 atom stereocenters. The number of nitrogens with one attached hydrogen (secondary N) is 1. The summed E-state index contributed by atoms with van der Waals surface area (Å²) in [6.45, 7) is 13.3. The number of nitrogens with zero attached hydrogens (tertiary/aromatic N) is 4. The standard InChI is InChI=1S/C57H72N6O22/c1-29-19-37-51(70)62(55(74)81-28-31-11-12-39(34(21-31)48(67)59-13-16-78-17-18-82-58)83-54-46(66)44(64)45(65)47(84-54)53(72)73)35-24-42(40(76-6)22-32(35)49(68)60(37)26-29)79-14-9-8-10-15-80-43-25-36-33(23-41(43)77-7)50(69)61-27-30(2)20-38(61)52(71)63(36)56(75)85-57(3,4)5/h11-12,21-25,37-38,44-47,51-52,54,64-66,70-71H,1-2,8-10,13-20,26-28,58H2,3-7H3,(H,59,67)(H,72,73)/t37-,38?,44-,45-,46+,47-,51?,52?,54+/m0/s1. The normalized spacial score (nSPS) is 23.7. The van der Waals surface area contributed by atoms with Gasteiger partial charge in [-0.1, -0.05) is 30.4 Å². The first kappa shape index (κ1) is 63.2. The Hall–Kier alpha value is -7.80. The Morgan fingerprint density at radius 1 is 0.694 bits per heavy atom. The monoisotopic (exact) mass is 1190 g/mol. The molecule has 3 aromatic carbocycles. The summed E-state index contributed by atoms with van der Waals surface area (Å²) < 4.78 is 51.6. The van der Waals surface area contributed by atoms with Crippen molar-refractivity contribution in [1.82, 2.24) is 15.1 Å². The molecule has 28 nitrogen and oxygen atoms in total. The van der Waals surface area contributed by atoms with Crippen molar-refractivity contribution >= 4 is 47.3 Å². The number of hydrogen-bond donors (Lipinski definition) is 8. The molecule has 0 spiro atoms. The molecule has 85 heavy (non-hydrogen) atoms. The van der Waals surface area contributed by atoms with Crippen LogP contribution in [-0.2, 0) is 35.2 Å². The van der Waals surface area contributed by atoms with E-state index in [9.17, 15) is 59.4 Å². The number of amides is 5. The zero-order valence-corrected chi connectivity index (χ0v) is 47.6. The van der Waals surface area contributed by atoms with E-state index in [1.807, 2.05) is 0 Å². The third kappa shape index (κ3) is 14.0. The molecule has 0 aliphatic carbocycles. The van der Waals surface area contributed by atoms with E-state index in [0.717, 1.165) is 15.4 Å². The largest absolute Gasteiger partial charge is 0.493 e. The quantitative estimate of drug-likeness (QED) is 0.0406. The van der Waals surface area contributed by atoms with Gasteiger partial charge in [0.15, 0.2) is 41.6 Å². The number of aliphatic hydroxyl groups excluding tert-OH is 5. The molecule has 9 N–H and O–H groups in total. The summed E-state index contributed by atoms with van der Waals surface area (Å²) in [4.78, 5) is 91.3. The minimum atomic E-state index is -2.02. The van der Waals surface area contributed by atoms with E-state index in [4.69, 9.17) is 48.5 Å². The van der Waals surface area contributed by atoms with Gasteiger partial charge in [-0.15, -0.1) is 0 Å². The van der Waals surface area contributed by atoms with Crippen molar-refractivity contribution in [2.75, 3.05) is 76.7 Å². The van der Waals surface area contributed by atoms with Gasteiger partial charge in [-0.25, -0.2) is 30.1 Å². The second-order valence-electron chi connectivity index (χ2n) is 21.7. The highest BCUT2D eigenvalue weighted by Crippen LogP contribution is 2.44. The number of aliphatic carboxylic acids is 1. The lowest BCUT2D eigenvalue weighted by Crippen LogP contribution is -2.61. The summed E-state index contributed by atoms with van der Waals surface area (Å²) in [5.41, 5.74) is 0.437. The van der Waals surface area contributed by atoms with Crippen LogP contribution >= 0.6 is 0 Å². The molecule has 8 rings (SSSR count). The molecule has 3 saturated heterocycles. The zero-order valence-electron chi connectivity index (χ0n) is 47.6. The van der Waals surface area contributed by atoms with E-state index in [2.05, 4.69) is 23.3 Å². The van der Waals surface area contributed by atoms with Gasteiger partial charge in [0.2, 0.25) is 6.29 Å². The minimum absolute atomic E-state index is 0.0188. The Morgan fingerprint density at radius 2 is 1.25 bits per heavy atom. The molecule has 28 heteroatoms. The summed E-state index contributed by atoms with van der Waals surface area (Å²) in [6.07, 6.45) is -13.1. The van der Waals surface area contributed by atoms with Crippen molar-refractivity contribution < 1.29 is 107 Å². The first-order valence-corrected chi connectivity index (χ1v) is 27.4. The molecule has 5 amide bonds. The van der Waals surface area contributed by atoms with Crippen LogP contribution in [0, 0.1) is 0 Å². The number of ether oxygens (including phenoxy) is 9. The molecule has 3 unspecified atom stereocenters. The zero-order chi connectivity index (χ0) is 61.6. The number of carboxylic acids is 1. The first-order chi connectivity index (χ1) is 40.5. The van der Waals surface area contributed by atoms with Crippen molar-refractivity contribution in [3.05, 3.63) is 89.0 Å². The Kier molecular flexibility index (Phi) is 20.1. The molecule has 5 aliphatic heterocycles. The van der Waals surface area contributed by atoms with Crippen LogP contribution in [0.15, 0.2) is 66.8 Å². The maximum Gasteiger partial charge on any atom is 0.417 e. The molecule has 5 aliphatic rings. The minimum Gasteiger partial charge on any atom is -0.493 e. The number of benzene rings is 3. The lowest BCUT2D eigenvalue weighted by atomic mass is 9.99. The maximum absolute atomic E-state index is 14.5. The van der Waals surface area contributed by atoms with Crippen molar-refractivity contribution in [2.45, 2.75) is 120 Å². The number of methoxy groups -OCH3 is 2. The van der Waals surface area contributed by atoms with E-state index in [1.54, 1.807) is 20.8 Å². The van der Waals surface area contributed by atoms with Gasteiger partial charge in [-0.05, 0) is 82.7 Å². The van der Waals surface area contributed by atoms with E-state index >= 15 is 0 Å². The lowest BCUT2D eigenvalue weighted by molar-refractivity contribution is -0.271. The number of carbonyl (C=O) groups is 6. The third-order valence-corrected chi connectivity index (χ3v) is 14.5. The summed E-state index contributed by atoms with van der Waals surface area (Å²) in [5.74, 6) is 2.02. The lowest BCUT2D eigenvalue weighted by Gasteiger charge is -2.38. The van der Waals surface area contributed by atoms with Crippen LogP contribution in [0.4, 0.5) is 21.0 Å². The van der Waals surface area contributed by atoms with Gasteiger partial charge >= 0.3 is 18.2 Å². The topological polar surface area (TPSA) is 367 Å². The average Bonchev–Trinajstić information content (AvgIpc) is 4.28. The number of anilines is 2. The van der Waals surface area contributed by atoms with Gasteiger partial charge in [0, 0.05) is 31.8 Å². The van der Waals surface area contributed by atoms with Gasteiger partial charge in [-0.2, -0.15) is 0 Å². The predicted octanol–water partition coefficient (Wildman–Crippen LogP) is 2.33. The second-order valence-corrected chi connectivity index (χ2v) is 21.7. The number of hydrogen-bond acceptors (Lipinski definition) is 22. The van der Waals surface area contributed by atoms with Crippen LogP contribution in [0.1, 0.15) is 89.5 Å². The highest BCUT2D eigenvalue weighted by atomic mass is 16.7. The van der Waals surface area contributed by atoms with Crippen LogP contribution in [-0.4, -0.2) is 204 Å². The Bertz CT molecular complexity index is 3030. The molecule has 462 valence electrons. The fourth-order valence-electron chi connectivity index (χ4n) is 10.4. The number of aliphatic hydroxyl groups is 5. The molecule has 0 saturated carbocycles. The number of unbranched alkanes of at least 4 members (excludes halogenated alkanes) is 2. The van der Waals surface area contributed by atoms with Gasteiger partial charge in [-0.3, -0.25) is 14.4 Å². The van der Waals surface area contributed by atoms with Crippen molar-refractivity contribution in [3.8, 4) is 28.7 Å². The molecule has 3 aromatic rings. The third-order valence-electron chi connectivity index (χ3n) is 14.5. The van der Waals surface area contributed by atoms with Gasteiger partial charge in [0.05, 0.1) is 87.4 Å². The van der Waals surface area contributed by atoms with Crippen LogP contribution in [0.3, 0.4) is 0 Å². The fraction of sp³-hybridized carbons (Fsp3) is 0.509. The predicted molar refractivity (Wildman–Crippen MR) is 296 cm³/mol. The van der Waals surface area contributed by atoms with Gasteiger partial charge in [0.25, 0.3) is 17.7 Å². The van der Waals surface area contributed by atoms with Crippen molar-refractivity contribution in [1.29, 1.82) is 0 Å². The van der Waals surface area contributed by atoms with Crippen LogP contribution in [0.2, 0.25) is 0 Å². The molecule has 3 fully saturated rings. The van der Waals surface area contributed by atoms with Gasteiger partial charge in [0.1, 0.15) is 36.3 Å². The second kappa shape index (κ2) is 27.1. The Labute approximate surface area is 488 Å². The van der Waals surface area contributed by atoms with E-state index in [0.29, 0.717) is 24.8 Å². The average molecular weight is 1190 g/mol. The maximum atomic E-state index is 14.5. The molecular formula is C57H72N6O22. The Morgan fingerprint density at radius 3 is 1.76 bits per heavy atom. The number of carbonyl (C=O) groups excluding carboxylic acids is 5. The van der Waals surface area contributed by atoms with Gasteiger partial charge < -0.3 is 93.2 Å². The van der Waals surface area contributed by atoms with Crippen molar-refractivity contribution in [3.63, 3.8) is 0 Å². The summed E-state index contributed by atoms with van der Waals surface area (Å²) in [6, 6.07) is 7.89. The molecule has 0 radical (unpaired) electrons. The molecule has 5 heterocycles. The number of nitrogens with two attached hydrogens (primary N) is 1. The van der Waals surface area contributed by atoms with E-state index in [-0.39, 0.29) is 128 Å². The van der Waals surface area contributed by atoms with Crippen LogP contribution in [0.25, 0.3) is 0 Å². The highest BCUT2D eigenvalue weighted by Gasteiger charge is 2.50. The SMILES string of the molecule is C=C1CC2C(O)N(C(=O)OC(C)(C)C)c3cc(OCCCCCOc4cc5c(cc4OC)C(=O)N4CC(=C)C[C@H]4C(O)N5C(=O)OCc4ccc(O[C@@H]5O[C@H](C(=O)O)[C@@H](O)[C@H](O)[C@H]5O)c(C(=O)NCCOCCON)c4)c(OC)cc3C(=O)N2C1. The summed E-state index contributed by atoms with van der Waals surface area (Å²) in [7, 11) is 2.79. The highest BCUT2D eigenvalue weighted by molar-refractivity contribution is 6.07.